The van der Waals surface area contributed by atoms with Crippen LogP contribution < -0.4 is 9.64 Å². The van der Waals surface area contributed by atoms with Crippen molar-refractivity contribution in [2.75, 3.05) is 10.7 Å². The lowest BCUT2D eigenvalue weighted by atomic mass is 10.1. The number of anilines is 1. The Bertz CT molecular complexity index is 1060. The van der Waals surface area contributed by atoms with E-state index in [1.807, 2.05) is 0 Å². The van der Waals surface area contributed by atoms with Crippen molar-refractivity contribution in [3.05, 3.63) is 83.0 Å². The topological polar surface area (TPSA) is 42.4 Å². The second-order valence-corrected chi connectivity index (χ2v) is 7.97. The Morgan fingerprint density at radius 1 is 1.10 bits per heavy atom. The van der Waals surface area contributed by atoms with Gasteiger partial charge in [-0.2, -0.15) is 13.2 Å². The summed E-state index contributed by atoms with van der Waals surface area (Å²) < 4.78 is 44.9. The molecule has 2 aromatic carbocycles. The largest absolute Gasteiger partial charge is 0.439 e. The van der Waals surface area contributed by atoms with Gasteiger partial charge in [0.15, 0.2) is 0 Å². The minimum Gasteiger partial charge on any atom is -0.439 e. The molecular formula is C21H14ClF3N2O2S. The van der Waals surface area contributed by atoms with Gasteiger partial charge in [0.1, 0.15) is 11.1 Å². The highest BCUT2D eigenvalue weighted by molar-refractivity contribution is 8.00. The lowest BCUT2D eigenvalue weighted by Crippen LogP contribution is -2.28. The number of hydrogen-bond acceptors (Lipinski definition) is 4. The van der Waals surface area contributed by atoms with Crippen molar-refractivity contribution in [3.8, 4) is 11.6 Å². The third kappa shape index (κ3) is 4.39. The zero-order chi connectivity index (χ0) is 21.3. The van der Waals surface area contributed by atoms with Gasteiger partial charge in [-0.15, -0.1) is 11.8 Å². The van der Waals surface area contributed by atoms with Gasteiger partial charge < -0.3 is 4.74 Å². The molecule has 0 N–H and O–H groups in total. The highest BCUT2D eigenvalue weighted by Gasteiger charge is 2.36. The van der Waals surface area contributed by atoms with Crippen LogP contribution in [-0.2, 0) is 11.0 Å². The summed E-state index contributed by atoms with van der Waals surface area (Å²) in [5, 5.41) is 0.0148. The molecule has 1 aliphatic rings. The van der Waals surface area contributed by atoms with Crippen LogP contribution in [0.25, 0.3) is 0 Å². The van der Waals surface area contributed by atoms with E-state index in [2.05, 4.69) is 4.98 Å². The number of ether oxygens (including phenoxy) is 1. The van der Waals surface area contributed by atoms with Crippen LogP contribution >= 0.6 is 23.4 Å². The number of halogens is 4. The van der Waals surface area contributed by atoms with E-state index < -0.39 is 17.1 Å². The maximum Gasteiger partial charge on any atom is 0.416 e. The SMILES string of the molecule is O=C1CSC(c2cccc(C(F)(F)F)c2)N1c1ccc(Oc2ccc(Cl)cc2)nc1. The van der Waals surface area contributed by atoms with E-state index in [0.717, 1.165) is 12.1 Å². The number of carbonyl (C=O) groups is 1. The van der Waals surface area contributed by atoms with Crippen molar-refractivity contribution in [1.82, 2.24) is 4.98 Å². The molecule has 1 aliphatic heterocycles. The molecule has 30 heavy (non-hydrogen) atoms. The summed E-state index contributed by atoms with van der Waals surface area (Å²) in [5.41, 5.74) is 0.141. The molecule has 1 aromatic heterocycles. The molecule has 1 saturated heterocycles. The van der Waals surface area contributed by atoms with Crippen molar-refractivity contribution >= 4 is 35.0 Å². The van der Waals surface area contributed by atoms with E-state index in [4.69, 9.17) is 16.3 Å². The molecule has 9 heteroatoms. The number of carbonyl (C=O) groups excluding carboxylic acids is 1. The van der Waals surface area contributed by atoms with Gasteiger partial charge in [0.2, 0.25) is 11.8 Å². The standard InChI is InChI=1S/C21H14ClF3N2O2S/c22-15-4-7-17(8-5-15)29-18-9-6-16(11-26-18)27-19(28)12-30-20(27)13-2-1-3-14(10-13)21(23,24)25/h1-11,20H,12H2. The van der Waals surface area contributed by atoms with E-state index in [1.54, 1.807) is 42.5 Å². The molecule has 1 amide bonds. The van der Waals surface area contributed by atoms with Crippen molar-refractivity contribution in [2.45, 2.75) is 11.6 Å². The minimum atomic E-state index is -4.45. The first-order valence-corrected chi connectivity index (χ1v) is 10.2. The van der Waals surface area contributed by atoms with Crippen LogP contribution in [0.4, 0.5) is 18.9 Å². The Morgan fingerprint density at radius 2 is 1.87 bits per heavy atom. The van der Waals surface area contributed by atoms with Crippen LogP contribution in [0, 0.1) is 0 Å². The number of rotatable bonds is 4. The lowest BCUT2D eigenvalue weighted by molar-refractivity contribution is -0.137. The smallest absolute Gasteiger partial charge is 0.416 e. The fraction of sp³-hybridized carbons (Fsp3) is 0.143. The normalized spacial score (nSPS) is 16.7. The van der Waals surface area contributed by atoms with Crippen LogP contribution in [0.5, 0.6) is 11.6 Å². The second kappa shape index (κ2) is 8.20. The average molecular weight is 451 g/mol. The van der Waals surface area contributed by atoms with E-state index in [-0.39, 0.29) is 11.7 Å². The first kappa shape index (κ1) is 20.6. The molecule has 1 unspecified atom stereocenters. The van der Waals surface area contributed by atoms with Crippen LogP contribution in [0.1, 0.15) is 16.5 Å². The molecule has 4 nitrogen and oxygen atoms in total. The molecule has 0 saturated carbocycles. The average Bonchev–Trinajstić information content (AvgIpc) is 3.11. The quantitative estimate of drug-likeness (QED) is 0.466. The molecule has 0 aliphatic carbocycles. The number of aromatic nitrogens is 1. The van der Waals surface area contributed by atoms with E-state index in [0.29, 0.717) is 27.9 Å². The second-order valence-electron chi connectivity index (χ2n) is 6.46. The lowest BCUT2D eigenvalue weighted by Gasteiger charge is -2.24. The maximum atomic E-state index is 13.1. The number of pyridine rings is 1. The predicted molar refractivity (Wildman–Crippen MR) is 110 cm³/mol. The highest BCUT2D eigenvalue weighted by atomic mass is 35.5. The zero-order valence-corrected chi connectivity index (χ0v) is 16.8. The molecule has 2 heterocycles. The fourth-order valence-electron chi connectivity index (χ4n) is 3.02. The monoisotopic (exact) mass is 450 g/mol. The number of alkyl halides is 3. The van der Waals surface area contributed by atoms with Gasteiger partial charge in [-0.1, -0.05) is 23.7 Å². The summed E-state index contributed by atoms with van der Waals surface area (Å²) in [6.07, 6.45) is -2.98. The summed E-state index contributed by atoms with van der Waals surface area (Å²) in [7, 11) is 0. The first-order chi connectivity index (χ1) is 14.3. The highest BCUT2D eigenvalue weighted by Crippen LogP contribution is 2.43. The van der Waals surface area contributed by atoms with Gasteiger partial charge in [-0.25, -0.2) is 4.98 Å². The number of nitrogens with zero attached hydrogens (tertiary/aromatic N) is 2. The van der Waals surface area contributed by atoms with E-state index >= 15 is 0 Å². The molecular weight excluding hydrogens is 437 g/mol. The first-order valence-electron chi connectivity index (χ1n) is 8.81. The molecule has 0 spiro atoms. The Balaban J connectivity index is 1.57. The number of amides is 1. The molecule has 1 atom stereocenters. The molecule has 154 valence electrons. The summed E-state index contributed by atoms with van der Waals surface area (Å²) in [6.45, 7) is 0. The molecule has 4 rings (SSSR count). The molecule has 3 aromatic rings. The van der Waals surface area contributed by atoms with Gasteiger partial charge in [-0.05, 0) is 48.0 Å². The van der Waals surface area contributed by atoms with Gasteiger partial charge in [0.25, 0.3) is 0 Å². The summed E-state index contributed by atoms with van der Waals surface area (Å²) in [6, 6.07) is 15.0. The minimum absolute atomic E-state index is 0.171. The van der Waals surface area contributed by atoms with Gasteiger partial charge in [-0.3, -0.25) is 9.69 Å². The summed E-state index contributed by atoms with van der Waals surface area (Å²) in [5.74, 6) is 0.838. The van der Waals surface area contributed by atoms with E-state index in [9.17, 15) is 18.0 Å². The van der Waals surface area contributed by atoms with Crippen LogP contribution in [0.3, 0.4) is 0 Å². The third-order valence-corrected chi connectivity index (χ3v) is 5.87. The Kier molecular flexibility index (Phi) is 5.62. The third-order valence-electron chi connectivity index (χ3n) is 4.40. The molecule has 0 radical (unpaired) electrons. The van der Waals surface area contributed by atoms with Gasteiger partial charge >= 0.3 is 6.18 Å². The maximum absolute atomic E-state index is 13.1. The van der Waals surface area contributed by atoms with Crippen molar-refractivity contribution < 1.29 is 22.7 Å². The number of benzene rings is 2. The number of hydrogen-bond donors (Lipinski definition) is 0. The van der Waals surface area contributed by atoms with Crippen LogP contribution in [0.2, 0.25) is 5.02 Å². The van der Waals surface area contributed by atoms with Crippen LogP contribution in [0.15, 0.2) is 66.9 Å². The summed E-state index contributed by atoms with van der Waals surface area (Å²) >= 11 is 7.12. The Morgan fingerprint density at radius 3 is 2.53 bits per heavy atom. The van der Waals surface area contributed by atoms with E-state index in [1.165, 1.54) is 28.9 Å². The Hall–Kier alpha value is -2.71. The van der Waals surface area contributed by atoms with Crippen molar-refractivity contribution in [1.29, 1.82) is 0 Å². The Labute approximate surface area is 179 Å². The van der Waals surface area contributed by atoms with Crippen LogP contribution in [-0.4, -0.2) is 16.6 Å². The van der Waals surface area contributed by atoms with Crippen molar-refractivity contribution in [2.24, 2.45) is 0 Å². The predicted octanol–water partition coefficient (Wildman–Crippen LogP) is 6.32. The molecule has 0 bridgehead atoms. The zero-order valence-electron chi connectivity index (χ0n) is 15.3. The fourth-order valence-corrected chi connectivity index (χ4v) is 4.31. The number of thioether (sulfide) groups is 1. The van der Waals surface area contributed by atoms with Gasteiger partial charge in [0, 0.05) is 11.1 Å². The van der Waals surface area contributed by atoms with Crippen molar-refractivity contribution in [3.63, 3.8) is 0 Å². The molecule has 1 fully saturated rings. The van der Waals surface area contributed by atoms with Gasteiger partial charge in [0.05, 0.1) is 23.2 Å². The summed E-state index contributed by atoms with van der Waals surface area (Å²) in [4.78, 5) is 18.1.